The Hall–Kier alpha value is -3.05. The van der Waals surface area contributed by atoms with Gasteiger partial charge in [-0.15, -0.1) is 0 Å². The van der Waals surface area contributed by atoms with Crippen LogP contribution < -0.4 is 15.8 Å². The number of benzene rings is 3. The van der Waals surface area contributed by atoms with Crippen molar-refractivity contribution in [3.8, 4) is 11.5 Å². The number of nitrogens with one attached hydrogen (secondary N) is 1. The van der Waals surface area contributed by atoms with Crippen molar-refractivity contribution < 1.29 is 9.13 Å². The fourth-order valence-electron chi connectivity index (χ4n) is 2.87. The van der Waals surface area contributed by atoms with Gasteiger partial charge in [-0.25, -0.2) is 4.39 Å². The summed E-state index contributed by atoms with van der Waals surface area (Å²) in [6.07, 6.45) is 0.780. The number of aliphatic imine (C=N–C) groups is 1. The first-order chi connectivity index (χ1) is 13.1. The molecule has 0 saturated heterocycles. The number of anilines is 2. The predicted octanol–water partition coefficient (Wildman–Crippen LogP) is 5.42. The third kappa shape index (κ3) is 4.04. The van der Waals surface area contributed by atoms with Crippen LogP contribution in [0.2, 0.25) is 5.02 Å². The average molecular weight is 382 g/mol. The molecule has 136 valence electrons. The Bertz CT molecular complexity index is 1020. The summed E-state index contributed by atoms with van der Waals surface area (Å²) in [5, 5.41) is 3.34. The van der Waals surface area contributed by atoms with Gasteiger partial charge in [0.15, 0.2) is 0 Å². The summed E-state index contributed by atoms with van der Waals surface area (Å²) in [6.45, 7) is 0.564. The number of nitrogens with zero attached hydrogens (tertiary/aromatic N) is 1. The van der Waals surface area contributed by atoms with Crippen LogP contribution in [0.25, 0.3) is 0 Å². The molecule has 3 N–H and O–H groups in total. The predicted molar refractivity (Wildman–Crippen MR) is 107 cm³/mol. The third-order valence-corrected chi connectivity index (χ3v) is 4.56. The molecule has 0 saturated carbocycles. The minimum atomic E-state index is -0.469. The standard InChI is InChI=1S/C21H17ClFN3O/c22-18-11-17(7-8-19(18)23)27-16-5-1-13(2-6-16)12-25-21-9-14-3-4-15(24)10-20(14)26-21/h1-8,10-11H,9,12,24H2,(H,25,26). The van der Waals surface area contributed by atoms with Gasteiger partial charge in [0.1, 0.15) is 23.2 Å². The monoisotopic (exact) mass is 381 g/mol. The molecule has 0 aliphatic carbocycles. The summed E-state index contributed by atoms with van der Waals surface area (Å²) in [6, 6.07) is 17.7. The number of halogens is 2. The van der Waals surface area contributed by atoms with E-state index in [4.69, 9.17) is 22.1 Å². The van der Waals surface area contributed by atoms with Crippen molar-refractivity contribution in [1.82, 2.24) is 0 Å². The van der Waals surface area contributed by atoms with E-state index in [2.05, 4.69) is 10.3 Å². The first kappa shape index (κ1) is 17.4. The van der Waals surface area contributed by atoms with Crippen LogP contribution in [0.15, 0.2) is 65.7 Å². The van der Waals surface area contributed by atoms with Crippen LogP contribution in [-0.2, 0) is 13.0 Å². The number of fused-ring (bicyclic) bond motifs is 1. The molecule has 0 atom stereocenters. The smallest absolute Gasteiger partial charge is 0.142 e. The molecule has 0 unspecified atom stereocenters. The highest BCUT2D eigenvalue weighted by molar-refractivity contribution is 6.30. The van der Waals surface area contributed by atoms with E-state index in [1.165, 1.54) is 23.8 Å². The molecule has 4 nitrogen and oxygen atoms in total. The minimum Gasteiger partial charge on any atom is -0.457 e. The SMILES string of the molecule is Nc1ccc2c(c1)NC(=NCc1ccc(Oc3ccc(F)c(Cl)c3)cc1)C2. The molecule has 0 radical (unpaired) electrons. The number of ether oxygens (including phenoxy) is 1. The average Bonchev–Trinajstić information content (AvgIpc) is 3.06. The summed E-state index contributed by atoms with van der Waals surface area (Å²) in [5.41, 5.74) is 9.83. The Morgan fingerprint density at radius 2 is 1.81 bits per heavy atom. The maximum absolute atomic E-state index is 13.2. The van der Waals surface area contributed by atoms with Gasteiger partial charge in [0.25, 0.3) is 0 Å². The van der Waals surface area contributed by atoms with Crippen molar-refractivity contribution in [2.45, 2.75) is 13.0 Å². The normalized spacial score (nSPS) is 14.1. The molecule has 1 heterocycles. The molecule has 0 fully saturated rings. The topological polar surface area (TPSA) is 59.6 Å². The number of amidine groups is 1. The minimum absolute atomic E-state index is 0.0340. The highest BCUT2D eigenvalue weighted by Crippen LogP contribution is 2.27. The van der Waals surface area contributed by atoms with E-state index in [0.717, 1.165) is 29.2 Å². The van der Waals surface area contributed by atoms with Gasteiger partial charge in [-0.3, -0.25) is 4.99 Å². The van der Waals surface area contributed by atoms with Crippen molar-refractivity contribution in [3.05, 3.63) is 82.6 Å². The summed E-state index contributed by atoms with van der Waals surface area (Å²) >= 11 is 5.77. The molecule has 1 aliphatic heterocycles. The lowest BCUT2D eigenvalue weighted by Crippen LogP contribution is -2.06. The second kappa shape index (κ2) is 7.29. The molecule has 3 aromatic carbocycles. The maximum Gasteiger partial charge on any atom is 0.142 e. The first-order valence-corrected chi connectivity index (χ1v) is 8.85. The molecule has 0 bridgehead atoms. The van der Waals surface area contributed by atoms with Gasteiger partial charge < -0.3 is 15.8 Å². The van der Waals surface area contributed by atoms with Crippen LogP contribution in [-0.4, -0.2) is 5.84 Å². The van der Waals surface area contributed by atoms with Crippen LogP contribution in [0.3, 0.4) is 0 Å². The molecular formula is C21H17ClFN3O. The summed E-state index contributed by atoms with van der Waals surface area (Å²) in [5.74, 6) is 1.60. The van der Waals surface area contributed by atoms with Crippen molar-refractivity contribution in [3.63, 3.8) is 0 Å². The largest absolute Gasteiger partial charge is 0.457 e. The van der Waals surface area contributed by atoms with Crippen LogP contribution in [0.1, 0.15) is 11.1 Å². The molecule has 27 heavy (non-hydrogen) atoms. The van der Waals surface area contributed by atoms with E-state index in [9.17, 15) is 4.39 Å². The fourth-order valence-corrected chi connectivity index (χ4v) is 3.04. The van der Waals surface area contributed by atoms with E-state index in [-0.39, 0.29) is 5.02 Å². The zero-order chi connectivity index (χ0) is 18.8. The van der Waals surface area contributed by atoms with E-state index < -0.39 is 5.82 Å². The van der Waals surface area contributed by atoms with E-state index >= 15 is 0 Å². The van der Waals surface area contributed by atoms with E-state index in [0.29, 0.717) is 18.0 Å². The van der Waals surface area contributed by atoms with Crippen molar-refractivity contribution in [1.29, 1.82) is 0 Å². The quantitative estimate of drug-likeness (QED) is 0.593. The lowest BCUT2D eigenvalue weighted by molar-refractivity contribution is 0.480. The first-order valence-electron chi connectivity index (χ1n) is 8.47. The summed E-state index contributed by atoms with van der Waals surface area (Å²) < 4.78 is 18.9. The molecular weight excluding hydrogens is 365 g/mol. The fraction of sp³-hybridized carbons (Fsp3) is 0.0952. The zero-order valence-corrected chi connectivity index (χ0v) is 15.1. The van der Waals surface area contributed by atoms with E-state index in [1.54, 1.807) is 0 Å². The molecule has 0 aromatic heterocycles. The second-order valence-electron chi connectivity index (χ2n) is 6.30. The third-order valence-electron chi connectivity index (χ3n) is 4.27. The van der Waals surface area contributed by atoms with Crippen molar-refractivity contribution >= 4 is 28.8 Å². The molecule has 0 amide bonds. The van der Waals surface area contributed by atoms with Gasteiger partial charge in [0.05, 0.1) is 11.6 Å². The lowest BCUT2D eigenvalue weighted by Gasteiger charge is -2.07. The van der Waals surface area contributed by atoms with Gasteiger partial charge in [0.2, 0.25) is 0 Å². The second-order valence-corrected chi connectivity index (χ2v) is 6.71. The Balaban J connectivity index is 1.39. The molecule has 6 heteroatoms. The lowest BCUT2D eigenvalue weighted by atomic mass is 10.1. The van der Waals surface area contributed by atoms with Crippen LogP contribution in [0.5, 0.6) is 11.5 Å². The van der Waals surface area contributed by atoms with Crippen LogP contribution in [0, 0.1) is 5.82 Å². The maximum atomic E-state index is 13.2. The Morgan fingerprint density at radius 1 is 1.04 bits per heavy atom. The molecule has 0 spiro atoms. The number of rotatable bonds is 4. The van der Waals surface area contributed by atoms with Crippen molar-refractivity contribution in [2.24, 2.45) is 4.99 Å². The Morgan fingerprint density at radius 3 is 2.59 bits per heavy atom. The van der Waals surface area contributed by atoms with Gasteiger partial charge in [0, 0.05) is 23.9 Å². The van der Waals surface area contributed by atoms with Crippen LogP contribution >= 0.6 is 11.6 Å². The van der Waals surface area contributed by atoms with Crippen LogP contribution in [0.4, 0.5) is 15.8 Å². The Kier molecular flexibility index (Phi) is 4.69. The summed E-state index contributed by atoms with van der Waals surface area (Å²) in [4.78, 5) is 4.64. The highest BCUT2D eigenvalue weighted by atomic mass is 35.5. The van der Waals surface area contributed by atoms with E-state index in [1.807, 2.05) is 42.5 Å². The molecule has 1 aliphatic rings. The number of hydrogen-bond donors (Lipinski definition) is 2. The Labute approximate surface area is 161 Å². The van der Waals surface area contributed by atoms with Gasteiger partial charge in [-0.05, 0) is 47.5 Å². The number of hydrogen-bond acceptors (Lipinski definition) is 3. The van der Waals surface area contributed by atoms with Gasteiger partial charge >= 0.3 is 0 Å². The molecule has 4 rings (SSSR count). The zero-order valence-electron chi connectivity index (χ0n) is 14.4. The molecule has 3 aromatic rings. The summed E-state index contributed by atoms with van der Waals surface area (Å²) in [7, 11) is 0. The number of nitrogen functional groups attached to an aromatic ring is 1. The number of nitrogens with two attached hydrogens (primary N) is 1. The highest BCUT2D eigenvalue weighted by Gasteiger charge is 2.15. The van der Waals surface area contributed by atoms with Crippen molar-refractivity contribution in [2.75, 3.05) is 11.1 Å². The van der Waals surface area contributed by atoms with Gasteiger partial charge in [-0.2, -0.15) is 0 Å². The van der Waals surface area contributed by atoms with Gasteiger partial charge in [-0.1, -0.05) is 29.8 Å².